The van der Waals surface area contributed by atoms with Gasteiger partial charge in [-0.3, -0.25) is 14.5 Å². The average molecular weight is 266 g/mol. The van der Waals surface area contributed by atoms with Crippen LogP contribution < -0.4 is 5.32 Å². The van der Waals surface area contributed by atoms with Gasteiger partial charge in [-0.2, -0.15) is 0 Å². The number of hydrogen-bond donors (Lipinski definition) is 1. The van der Waals surface area contributed by atoms with Crippen molar-refractivity contribution in [2.45, 2.75) is 44.6 Å². The first-order valence-electron chi connectivity index (χ1n) is 7.33. The van der Waals surface area contributed by atoms with Crippen LogP contribution in [0.1, 0.15) is 38.5 Å². The number of morpholine rings is 1. The molecule has 3 fully saturated rings. The second-order valence-electron chi connectivity index (χ2n) is 6.18. The number of piperidine rings is 1. The van der Waals surface area contributed by atoms with Crippen LogP contribution in [0.2, 0.25) is 0 Å². The van der Waals surface area contributed by atoms with Crippen molar-refractivity contribution in [3.63, 3.8) is 0 Å². The van der Waals surface area contributed by atoms with Crippen LogP contribution in [0.5, 0.6) is 0 Å². The van der Waals surface area contributed by atoms with Gasteiger partial charge in [0.1, 0.15) is 0 Å². The molecule has 1 N–H and O–H groups in total. The zero-order valence-corrected chi connectivity index (χ0v) is 11.3. The summed E-state index contributed by atoms with van der Waals surface area (Å²) in [5.74, 6) is 0.0380. The first-order valence-corrected chi connectivity index (χ1v) is 7.33. The van der Waals surface area contributed by atoms with E-state index in [0.717, 1.165) is 19.4 Å². The lowest BCUT2D eigenvalue weighted by Crippen LogP contribution is -2.54. The Morgan fingerprint density at radius 3 is 2.47 bits per heavy atom. The van der Waals surface area contributed by atoms with E-state index < -0.39 is 0 Å². The molecule has 1 aliphatic carbocycles. The fourth-order valence-electron chi connectivity index (χ4n) is 3.67. The molecule has 1 unspecified atom stereocenters. The molecule has 0 aromatic rings. The van der Waals surface area contributed by atoms with Crippen LogP contribution in [0.15, 0.2) is 0 Å². The van der Waals surface area contributed by atoms with E-state index in [1.807, 2.05) is 0 Å². The number of likely N-dealkylation sites (tertiary alicyclic amines) is 1. The van der Waals surface area contributed by atoms with E-state index in [2.05, 4.69) is 5.32 Å². The van der Waals surface area contributed by atoms with Crippen LogP contribution in [-0.4, -0.2) is 49.1 Å². The molecule has 0 aromatic heterocycles. The molecule has 1 spiro atoms. The second kappa shape index (κ2) is 5.21. The fourth-order valence-corrected chi connectivity index (χ4v) is 3.67. The SMILES string of the molecule is O=C1CC2(CCCC2)CC(=O)N1CC1COCCN1. The van der Waals surface area contributed by atoms with Crippen LogP contribution >= 0.6 is 0 Å². The third-order valence-corrected chi connectivity index (χ3v) is 4.72. The van der Waals surface area contributed by atoms with Crippen molar-refractivity contribution >= 4 is 11.8 Å². The summed E-state index contributed by atoms with van der Waals surface area (Å²) in [5, 5.41) is 3.30. The van der Waals surface area contributed by atoms with E-state index in [1.165, 1.54) is 17.7 Å². The topological polar surface area (TPSA) is 58.6 Å². The number of imide groups is 1. The Morgan fingerprint density at radius 1 is 1.21 bits per heavy atom. The predicted octanol–water partition coefficient (Wildman–Crippen LogP) is 0.684. The molecule has 2 heterocycles. The maximum absolute atomic E-state index is 12.3. The van der Waals surface area contributed by atoms with Crippen molar-refractivity contribution in [1.29, 1.82) is 0 Å². The van der Waals surface area contributed by atoms with Gasteiger partial charge in [0.15, 0.2) is 0 Å². The molecule has 0 aromatic carbocycles. The highest BCUT2D eigenvalue weighted by atomic mass is 16.5. The molecule has 2 saturated heterocycles. The average Bonchev–Trinajstić information content (AvgIpc) is 2.83. The van der Waals surface area contributed by atoms with Crippen molar-refractivity contribution in [3.05, 3.63) is 0 Å². The molecule has 3 rings (SSSR count). The van der Waals surface area contributed by atoms with Crippen LogP contribution in [0.4, 0.5) is 0 Å². The van der Waals surface area contributed by atoms with Gasteiger partial charge < -0.3 is 10.1 Å². The number of ether oxygens (including phenoxy) is 1. The van der Waals surface area contributed by atoms with Crippen LogP contribution in [0.25, 0.3) is 0 Å². The van der Waals surface area contributed by atoms with Crippen molar-refractivity contribution in [1.82, 2.24) is 10.2 Å². The minimum atomic E-state index is 0.00115. The molecule has 3 aliphatic rings. The fraction of sp³-hybridized carbons (Fsp3) is 0.857. The number of rotatable bonds is 2. The van der Waals surface area contributed by atoms with Gasteiger partial charge >= 0.3 is 0 Å². The van der Waals surface area contributed by atoms with Crippen molar-refractivity contribution < 1.29 is 14.3 Å². The van der Waals surface area contributed by atoms with E-state index in [0.29, 0.717) is 32.6 Å². The number of amides is 2. The molecular formula is C14H22N2O3. The molecule has 2 amide bonds. The van der Waals surface area contributed by atoms with E-state index in [4.69, 9.17) is 4.74 Å². The Bertz CT molecular complexity index is 351. The van der Waals surface area contributed by atoms with Gasteiger partial charge in [-0.25, -0.2) is 0 Å². The zero-order chi connectivity index (χ0) is 13.3. The summed E-state index contributed by atoms with van der Waals surface area (Å²) in [5.41, 5.74) is 0.00115. The lowest BCUT2D eigenvalue weighted by atomic mass is 9.76. The summed E-state index contributed by atoms with van der Waals surface area (Å²) in [7, 11) is 0. The van der Waals surface area contributed by atoms with E-state index in [9.17, 15) is 9.59 Å². The molecule has 0 bridgehead atoms. The maximum atomic E-state index is 12.3. The summed E-state index contributed by atoms with van der Waals surface area (Å²) in [4.78, 5) is 26.0. The normalized spacial score (nSPS) is 31.2. The number of nitrogens with zero attached hydrogens (tertiary/aromatic N) is 1. The van der Waals surface area contributed by atoms with Crippen molar-refractivity contribution in [2.24, 2.45) is 5.41 Å². The van der Waals surface area contributed by atoms with Gasteiger partial charge in [0, 0.05) is 32.0 Å². The van der Waals surface area contributed by atoms with Crippen LogP contribution in [0, 0.1) is 5.41 Å². The van der Waals surface area contributed by atoms with E-state index >= 15 is 0 Å². The second-order valence-corrected chi connectivity index (χ2v) is 6.18. The first kappa shape index (κ1) is 13.1. The summed E-state index contributed by atoms with van der Waals surface area (Å²) >= 11 is 0. The quantitative estimate of drug-likeness (QED) is 0.747. The highest BCUT2D eigenvalue weighted by molar-refractivity contribution is 5.98. The first-order chi connectivity index (χ1) is 9.19. The highest BCUT2D eigenvalue weighted by Crippen LogP contribution is 2.46. The summed E-state index contributed by atoms with van der Waals surface area (Å²) < 4.78 is 5.38. The van der Waals surface area contributed by atoms with Crippen LogP contribution in [-0.2, 0) is 14.3 Å². The van der Waals surface area contributed by atoms with Crippen LogP contribution in [0.3, 0.4) is 0 Å². The lowest BCUT2D eigenvalue weighted by Gasteiger charge is -2.39. The van der Waals surface area contributed by atoms with Gasteiger partial charge in [0.2, 0.25) is 11.8 Å². The molecule has 1 atom stereocenters. The maximum Gasteiger partial charge on any atom is 0.229 e. The minimum absolute atomic E-state index is 0.00115. The summed E-state index contributed by atoms with van der Waals surface area (Å²) in [6.45, 7) is 2.56. The number of nitrogens with one attached hydrogen (secondary N) is 1. The van der Waals surface area contributed by atoms with Crippen molar-refractivity contribution in [3.8, 4) is 0 Å². The third-order valence-electron chi connectivity index (χ3n) is 4.72. The van der Waals surface area contributed by atoms with Gasteiger partial charge in [-0.1, -0.05) is 12.8 Å². The summed E-state index contributed by atoms with van der Waals surface area (Å²) in [6.07, 6.45) is 5.54. The molecular weight excluding hydrogens is 244 g/mol. The minimum Gasteiger partial charge on any atom is -0.378 e. The smallest absolute Gasteiger partial charge is 0.229 e. The van der Waals surface area contributed by atoms with Gasteiger partial charge in [0.25, 0.3) is 0 Å². The Kier molecular flexibility index (Phi) is 3.58. The predicted molar refractivity (Wildman–Crippen MR) is 69.5 cm³/mol. The largest absolute Gasteiger partial charge is 0.378 e. The monoisotopic (exact) mass is 266 g/mol. The Morgan fingerprint density at radius 2 is 1.89 bits per heavy atom. The number of carbonyl (C=O) groups excluding carboxylic acids is 2. The molecule has 2 aliphatic heterocycles. The molecule has 1 saturated carbocycles. The Labute approximate surface area is 113 Å². The molecule has 106 valence electrons. The molecule has 5 heteroatoms. The third kappa shape index (κ3) is 2.67. The van der Waals surface area contributed by atoms with Gasteiger partial charge in [-0.05, 0) is 18.3 Å². The van der Waals surface area contributed by atoms with E-state index in [-0.39, 0.29) is 23.3 Å². The lowest BCUT2D eigenvalue weighted by molar-refractivity contribution is -0.154. The number of carbonyl (C=O) groups is 2. The molecule has 0 radical (unpaired) electrons. The Balaban J connectivity index is 1.63. The highest BCUT2D eigenvalue weighted by Gasteiger charge is 2.45. The van der Waals surface area contributed by atoms with Gasteiger partial charge in [-0.15, -0.1) is 0 Å². The van der Waals surface area contributed by atoms with Gasteiger partial charge in [0.05, 0.1) is 13.2 Å². The van der Waals surface area contributed by atoms with Crippen molar-refractivity contribution in [2.75, 3.05) is 26.3 Å². The summed E-state index contributed by atoms with van der Waals surface area (Å²) in [6, 6.07) is 0.0966. The zero-order valence-electron chi connectivity index (χ0n) is 11.3. The van der Waals surface area contributed by atoms with E-state index in [1.54, 1.807) is 0 Å². The Hall–Kier alpha value is -0.940. The number of hydrogen-bond acceptors (Lipinski definition) is 4. The standard InChI is InChI=1S/C14H22N2O3/c17-12-7-14(3-1-2-4-14)8-13(18)16(12)9-11-10-19-6-5-15-11/h11,15H,1-10H2. The molecule has 19 heavy (non-hydrogen) atoms. The molecule has 5 nitrogen and oxygen atoms in total.